The highest BCUT2D eigenvalue weighted by atomic mass is 79.9. The molecule has 3 nitrogen and oxygen atoms in total. The molecule has 2 heterocycles. The van der Waals surface area contributed by atoms with Crippen molar-refractivity contribution in [3.05, 3.63) is 22.4 Å². The van der Waals surface area contributed by atoms with Crippen LogP contribution in [0.4, 0.5) is 5.69 Å². The van der Waals surface area contributed by atoms with E-state index in [9.17, 15) is 0 Å². The number of aryl methyl sites for hydroxylation is 1. The number of nitrogen functional groups attached to an aromatic ring is 1. The molecule has 2 aromatic heterocycles. The molecule has 0 bridgehead atoms. The summed E-state index contributed by atoms with van der Waals surface area (Å²) in [5.74, 6) is 0. The molecule has 12 heavy (non-hydrogen) atoms. The van der Waals surface area contributed by atoms with E-state index >= 15 is 0 Å². The monoisotopic (exact) mass is 225 g/mol. The fraction of sp³-hybridized carbons (Fsp3) is 0.125. The molecule has 0 aliphatic rings. The van der Waals surface area contributed by atoms with Crippen molar-refractivity contribution >= 4 is 32.7 Å². The SMILES string of the molecule is Cc1cc2c(Br)c(N)cnc2[nH]1. The molecule has 0 amide bonds. The highest BCUT2D eigenvalue weighted by Gasteiger charge is 2.05. The number of pyridine rings is 1. The van der Waals surface area contributed by atoms with Crippen molar-refractivity contribution in [3.8, 4) is 0 Å². The molecule has 0 radical (unpaired) electrons. The van der Waals surface area contributed by atoms with Gasteiger partial charge in [-0.2, -0.15) is 0 Å². The largest absolute Gasteiger partial charge is 0.397 e. The van der Waals surface area contributed by atoms with Crippen molar-refractivity contribution in [2.75, 3.05) is 5.73 Å². The van der Waals surface area contributed by atoms with Crippen molar-refractivity contribution in [2.45, 2.75) is 6.92 Å². The number of hydrogen-bond donors (Lipinski definition) is 2. The first-order valence-corrected chi connectivity index (χ1v) is 4.37. The lowest BCUT2D eigenvalue weighted by molar-refractivity contribution is 1.25. The molecule has 2 rings (SSSR count). The summed E-state index contributed by atoms with van der Waals surface area (Å²) in [4.78, 5) is 7.28. The van der Waals surface area contributed by atoms with Crippen molar-refractivity contribution in [3.63, 3.8) is 0 Å². The molecule has 4 heteroatoms. The fourth-order valence-electron chi connectivity index (χ4n) is 1.19. The van der Waals surface area contributed by atoms with Crippen LogP contribution in [0.15, 0.2) is 16.7 Å². The molecule has 62 valence electrons. The maximum Gasteiger partial charge on any atom is 0.138 e. The van der Waals surface area contributed by atoms with Crippen molar-refractivity contribution in [1.82, 2.24) is 9.97 Å². The second kappa shape index (κ2) is 2.48. The maximum absolute atomic E-state index is 5.67. The number of nitrogens with two attached hydrogens (primary N) is 1. The van der Waals surface area contributed by atoms with Gasteiger partial charge in [0, 0.05) is 11.1 Å². The second-order valence-electron chi connectivity index (χ2n) is 2.74. The molecular formula is C8H8BrN3. The number of fused-ring (bicyclic) bond motifs is 1. The summed E-state index contributed by atoms with van der Waals surface area (Å²) in [6, 6.07) is 2.02. The third kappa shape index (κ3) is 0.992. The number of hydrogen-bond acceptors (Lipinski definition) is 2. The Balaban J connectivity index is 2.89. The van der Waals surface area contributed by atoms with Crippen LogP contribution >= 0.6 is 15.9 Å². The highest BCUT2D eigenvalue weighted by molar-refractivity contribution is 9.10. The van der Waals surface area contributed by atoms with Gasteiger partial charge in [0.05, 0.1) is 16.4 Å². The van der Waals surface area contributed by atoms with E-state index in [2.05, 4.69) is 25.9 Å². The molecule has 0 saturated heterocycles. The van der Waals surface area contributed by atoms with Gasteiger partial charge in [-0.1, -0.05) is 0 Å². The second-order valence-corrected chi connectivity index (χ2v) is 3.54. The molecule has 0 saturated carbocycles. The Labute approximate surface area is 78.1 Å². The predicted molar refractivity (Wildman–Crippen MR) is 52.9 cm³/mol. The van der Waals surface area contributed by atoms with Crippen molar-refractivity contribution < 1.29 is 0 Å². The van der Waals surface area contributed by atoms with E-state index in [1.165, 1.54) is 0 Å². The number of rotatable bonds is 0. The van der Waals surface area contributed by atoms with Crippen LogP contribution in [-0.2, 0) is 0 Å². The number of aromatic amines is 1. The number of anilines is 1. The lowest BCUT2D eigenvalue weighted by Crippen LogP contribution is -1.88. The van der Waals surface area contributed by atoms with Crippen LogP contribution in [0.2, 0.25) is 0 Å². The standard InChI is InChI=1S/C8H8BrN3/c1-4-2-5-7(9)6(10)3-11-8(5)12-4/h2-3H,10H2,1H3,(H,11,12). The minimum Gasteiger partial charge on any atom is -0.397 e. The van der Waals surface area contributed by atoms with E-state index in [1.54, 1.807) is 6.20 Å². The Kier molecular flexibility index (Phi) is 1.58. The molecule has 0 fully saturated rings. The number of H-pyrrole nitrogens is 1. The van der Waals surface area contributed by atoms with Crippen LogP contribution in [0.25, 0.3) is 11.0 Å². The lowest BCUT2D eigenvalue weighted by atomic mass is 10.3. The Morgan fingerprint density at radius 2 is 2.33 bits per heavy atom. The van der Waals surface area contributed by atoms with E-state index in [4.69, 9.17) is 5.73 Å². The highest BCUT2D eigenvalue weighted by Crippen LogP contribution is 2.27. The molecule has 0 aliphatic heterocycles. The van der Waals surface area contributed by atoms with Crippen LogP contribution in [0.5, 0.6) is 0 Å². The first-order valence-electron chi connectivity index (χ1n) is 3.58. The van der Waals surface area contributed by atoms with Crippen LogP contribution in [-0.4, -0.2) is 9.97 Å². The van der Waals surface area contributed by atoms with Gasteiger partial charge in [0.2, 0.25) is 0 Å². The Morgan fingerprint density at radius 1 is 1.58 bits per heavy atom. The summed E-state index contributed by atoms with van der Waals surface area (Å²) in [5, 5.41) is 1.03. The van der Waals surface area contributed by atoms with Crippen molar-refractivity contribution in [2.24, 2.45) is 0 Å². The number of nitrogens with one attached hydrogen (secondary N) is 1. The molecule has 0 unspecified atom stereocenters. The first-order chi connectivity index (χ1) is 5.68. The average molecular weight is 226 g/mol. The van der Waals surface area contributed by atoms with Gasteiger partial charge in [-0.3, -0.25) is 0 Å². The number of halogens is 1. The van der Waals surface area contributed by atoms with E-state index in [-0.39, 0.29) is 0 Å². The first kappa shape index (κ1) is 7.61. The molecular weight excluding hydrogens is 218 g/mol. The van der Waals surface area contributed by atoms with Gasteiger partial charge in [-0.05, 0) is 28.9 Å². The third-order valence-corrected chi connectivity index (χ3v) is 2.64. The minimum atomic E-state index is 0.668. The van der Waals surface area contributed by atoms with Crippen LogP contribution < -0.4 is 5.73 Å². The van der Waals surface area contributed by atoms with E-state index < -0.39 is 0 Å². The third-order valence-electron chi connectivity index (χ3n) is 1.75. The Morgan fingerprint density at radius 3 is 3.08 bits per heavy atom. The number of nitrogens with zero attached hydrogens (tertiary/aromatic N) is 1. The molecule has 0 atom stereocenters. The van der Waals surface area contributed by atoms with Gasteiger partial charge in [-0.25, -0.2) is 4.98 Å². The van der Waals surface area contributed by atoms with Gasteiger partial charge in [0.1, 0.15) is 5.65 Å². The quantitative estimate of drug-likeness (QED) is 0.723. The molecule has 3 N–H and O–H groups in total. The van der Waals surface area contributed by atoms with Crippen LogP contribution in [0.1, 0.15) is 5.69 Å². The number of aromatic nitrogens is 2. The molecule has 0 aliphatic carbocycles. The zero-order chi connectivity index (χ0) is 8.72. The van der Waals surface area contributed by atoms with E-state index in [0.717, 1.165) is 21.2 Å². The van der Waals surface area contributed by atoms with Gasteiger partial charge < -0.3 is 10.7 Å². The summed E-state index contributed by atoms with van der Waals surface area (Å²) in [7, 11) is 0. The maximum atomic E-state index is 5.67. The lowest BCUT2D eigenvalue weighted by Gasteiger charge is -1.96. The van der Waals surface area contributed by atoms with Gasteiger partial charge >= 0.3 is 0 Å². The minimum absolute atomic E-state index is 0.668. The normalized spacial score (nSPS) is 10.8. The zero-order valence-electron chi connectivity index (χ0n) is 6.56. The van der Waals surface area contributed by atoms with Gasteiger partial charge in [-0.15, -0.1) is 0 Å². The summed E-state index contributed by atoms with van der Waals surface area (Å²) >= 11 is 3.41. The van der Waals surface area contributed by atoms with Crippen LogP contribution in [0, 0.1) is 6.92 Å². The summed E-state index contributed by atoms with van der Waals surface area (Å²) in [6.07, 6.45) is 1.64. The molecule has 0 aromatic carbocycles. The fourth-order valence-corrected chi connectivity index (χ4v) is 1.60. The van der Waals surface area contributed by atoms with Crippen molar-refractivity contribution in [1.29, 1.82) is 0 Å². The molecule has 2 aromatic rings. The summed E-state index contributed by atoms with van der Waals surface area (Å²) < 4.78 is 0.914. The van der Waals surface area contributed by atoms with Gasteiger partial charge in [0.15, 0.2) is 0 Å². The summed E-state index contributed by atoms with van der Waals surface area (Å²) in [6.45, 7) is 1.99. The van der Waals surface area contributed by atoms with E-state index in [0.29, 0.717) is 5.69 Å². The van der Waals surface area contributed by atoms with E-state index in [1.807, 2.05) is 13.0 Å². The zero-order valence-corrected chi connectivity index (χ0v) is 8.14. The predicted octanol–water partition coefficient (Wildman–Crippen LogP) is 2.22. The average Bonchev–Trinajstić information content (AvgIpc) is 2.39. The van der Waals surface area contributed by atoms with Crippen LogP contribution in [0.3, 0.4) is 0 Å². The topological polar surface area (TPSA) is 54.7 Å². The Bertz CT molecular complexity index is 433. The smallest absolute Gasteiger partial charge is 0.138 e. The Hall–Kier alpha value is -1.03. The molecule has 0 spiro atoms. The summed E-state index contributed by atoms with van der Waals surface area (Å²) in [5.41, 5.74) is 8.30. The van der Waals surface area contributed by atoms with Gasteiger partial charge in [0.25, 0.3) is 0 Å².